The molecule has 1 amide bonds. The van der Waals surface area contributed by atoms with E-state index in [9.17, 15) is 9.59 Å². The van der Waals surface area contributed by atoms with Gasteiger partial charge in [0.05, 0.1) is 12.0 Å². The zero-order chi connectivity index (χ0) is 12.1. The van der Waals surface area contributed by atoms with E-state index in [1.54, 1.807) is 6.07 Å². The van der Waals surface area contributed by atoms with Crippen molar-refractivity contribution in [2.45, 2.75) is 6.42 Å². The number of nitrogens with two attached hydrogens (primary N) is 2. The number of benzene rings is 1. The van der Waals surface area contributed by atoms with E-state index >= 15 is 0 Å². The third kappa shape index (κ3) is 3.43. The molecule has 0 radical (unpaired) electrons. The van der Waals surface area contributed by atoms with E-state index in [1.807, 2.05) is 0 Å². The lowest BCUT2D eigenvalue weighted by Gasteiger charge is -2.06. The highest BCUT2D eigenvalue weighted by molar-refractivity contribution is 6.31. The molecule has 5 nitrogen and oxygen atoms in total. The minimum atomic E-state index is -0.624. The molecular weight excluding hydrogens is 232 g/mol. The van der Waals surface area contributed by atoms with Gasteiger partial charge in [-0.15, -0.1) is 0 Å². The molecule has 0 unspecified atom stereocenters. The Hall–Kier alpha value is -1.75. The van der Waals surface area contributed by atoms with Crippen LogP contribution in [-0.2, 0) is 9.53 Å². The van der Waals surface area contributed by atoms with Gasteiger partial charge in [0.25, 0.3) is 0 Å². The van der Waals surface area contributed by atoms with Crippen molar-refractivity contribution in [3.63, 3.8) is 0 Å². The molecule has 0 aliphatic rings. The maximum atomic E-state index is 11.5. The van der Waals surface area contributed by atoms with Gasteiger partial charge in [-0.05, 0) is 18.2 Å². The van der Waals surface area contributed by atoms with Gasteiger partial charge in [0.1, 0.15) is 6.61 Å². The summed E-state index contributed by atoms with van der Waals surface area (Å²) in [5.74, 6) is -1.16. The number of anilines is 1. The van der Waals surface area contributed by atoms with Gasteiger partial charge < -0.3 is 16.2 Å². The first kappa shape index (κ1) is 12.3. The van der Waals surface area contributed by atoms with Gasteiger partial charge in [0, 0.05) is 10.7 Å². The molecule has 1 aromatic rings. The smallest absolute Gasteiger partial charge is 0.340 e. The number of amides is 1. The number of primary amides is 1. The lowest BCUT2D eigenvalue weighted by atomic mass is 10.2. The van der Waals surface area contributed by atoms with Crippen LogP contribution in [0.25, 0.3) is 0 Å². The second-order valence-electron chi connectivity index (χ2n) is 3.08. The van der Waals surface area contributed by atoms with Crippen LogP contribution >= 0.6 is 11.6 Å². The molecule has 1 rings (SSSR count). The molecule has 0 aromatic heterocycles. The van der Waals surface area contributed by atoms with E-state index in [2.05, 4.69) is 0 Å². The third-order valence-electron chi connectivity index (χ3n) is 1.82. The van der Waals surface area contributed by atoms with E-state index in [0.29, 0.717) is 5.02 Å². The molecule has 1 aromatic carbocycles. The fourth-order valence-electron chi connectivity index (χ4n) is 1.03. The maximum absolute atomic E-state index is 11.5. The first-order chi connectivity index (χ1) is 7.50. The fourth-order valence-corrected chi connectivity index (χ4v) is 1.20. The first-order valence-corrected chi connectivity index (χ1v) is 4.89. The summed E-state index contributed by atoms with van der Waals surface area (Å²) >= 11 is 5.71. The Labute approximate surface area is 97.3 Å². The summed E-state index contributed by atoms with van der Waals surface area (Å²) in [4.78, 5) is 21.9. The summed E-state index contributed by atoms with van der Waals surface area (Å²) in [6, 6.07) is 4.48. The number of nitrogen functional groups attached to an aromatic ring is 1. The Morgan fingerprint density at radius 1 is 1.38 bits per heavy atom. The van der Waals surface area contributed by atoms with Crippen LogP contribution in [0.2, 0.25) is 5.02 Å². The molecule has 0 aliphatic carbocycles. The monoisotopic (exact) mass is 242 g/mol. The van der Waals surface area contributed by atoms with E-state index in [0.717, 1.165) is 0 Å². The number of ether oxygens (including phenoxy) is 1. The zero-order valence-corrected chi connectivity index (χ0v) is 9.16. The van der Waals surface area contributed by atoms with Crippen molar-refractivity contribution in [1.29, 1.82) is 0 Å². The van der Waals surface area contributed by atoms with Gasteiger partial charge in [0.15, 0.2) is 0 Å². The Balaban J connectivity index is 2.65. The highest BCUT2D eigenvalue weighted by atomic mass is 35.5. The number of halogens is 1. The van der Waals surface area contributed by atoms with Crippen LogP contribution in [-0.4, -0.2) is 18.5 Å². The number of carbonyl (C=O) groups is 2. The number of rotatable bonds is 4. The minimum Gasteiger partial charge on any atom is -0.461 e. The summed E-state index contributed by atoms with van der Waals surface area (Å²) < 4.78 is 4.80. The Morgan fingerprint density at radius 3 is 2.69 bits per heavy atom. The summed E-state index contributed by atoms with van der Waals surface area (Å²) in [6.07, 6.45) is -0.0216. The average molecular weight is 243 g/mol. The van der Waals surface area contributed by atoms with Crippen molar-refractivity contribution < 1.29 is 14.3 Å². The number of hydrogen-bond donors (Lipinski definition) is 2. The second-order valence-corrected chi connectivity index (χ2v) is 3.52. The standard InChI is InChI=1S/C10H11ClN2O3/c11-6-1-2-8(12)7(5-6)10(15)16-4-3-9(13)14/h1-2,5H,3-4,12H2,(H2,13,14). The topological polar surface area (TPSA) is 95.4 Å². The minimum absolute atomic E-state index is 0.0216. The van der Waals surface area contributed by atoms with Gasteiger partial charge in [-0.2, -0.15) is 0 Å². The molecule has 0 saturated carbocycles. The van der Waals surface area contributed by atoms with E-state index in [1.165, 1.54) is 12.1 Å². The normalized spacial score (nSPS) is 9.81. The van der Waals surface area contributed by atoms with Gasteiger partial charge in [0.2, 0.25) is 5.91 Å². The van der Waals surface area contributed by atoms with Gasteiger partial charge >= 0.3 is 5.97 Å². The SMILES string of the molecule is NC(=O)CCOC(=O)c1cc(Cl)ccc1N. The first-order valence-electron chi connectivity index (χ1n) is 4.51. The van der Waals surface area contributed by atoms with Crippen LogP contribution in [0.3, 0.4) is 0 Å². The predicted molar refractivity (Wildman–Crippen MR) is 60.0 cm³/mol. The Morgan fingerprint density at radius 2 is 2.06 bits per heavy atom. The molecular formula is C10H11ClN2O3. The molecule has 16 heavy (non-hydrogen) atoms. The summed E-state index contributed by atoms with van der Waals surface area (Å²) in [7, 11) is 0. The van der Waals surface area contributed by atoms with E-state index in [4.69, 9.17) is 27.8 Å². The molecule has 0 atom stereocenters. The molecule has 0 fully saturated rings. The molecule has 6 heteroatoms. The van der Waals surface area contributed by atoms with Crippen molar-refractivity contribution in [2.24, 2.45) is 5.73 Å². The highest BCUT2D eigenvalue weighted by Gasteiger charge is 2.11. The molecule has 0 bridgehead atoms. The summed E-state index contributed by atoms with van der Waals surface area (Å²) in [6.45, 7) is -0.0693. The molecule has 0 heterocycles. The molecule has 4 N–H and O–H groups in total. The van der Waals surface area contributed by atoms with Crippen LogP contribution in [0.4, 0.5) is 5.69 Å². The molecule has 0 aliphatic heterocycles. The van der Waals surface area contributed by atoms with Crippen molar-refractivity contribution in [1.82, 2.24) is 0 Å². The van der Waals surface area contributed by atoms with Gasteiger partial charge in [-0.1, -0.05) is 11.6 Å². The third-order valence-corrected chi connectivity index (χ3v) is 2.05. The Bertz CT molecular complexity index is 421. The lowest BCUT2D eigenvalue weighted by Crippen LogP contribution is -2.16. The van der Waals surface area contributed by atoms with Crippen LogP contribution < -0.4 is 11.5 Å². The fraction of sp³-hybridized carbons (Fsp3) is 0.200. The number of esters is 1. The second kappa shape index (κ2) is 5.37. The number of hydrogen-bond acceptors (Lipinski definition) is 4. The molecule has 0 spiro atoms. The molecule has 86 valence electrons. The van der Waals surface area contributed by atoms with Crippen LogP contribution in [0, 0.1) is 0 Å². The van der Waals surface area contributed by atoms with Crippen molar-refractivity contribution >= 4 is 29.2 Å². The average Bonchev–Trinajstić information content (AvgIpc) is 2.21. The van der Waals surface area contributed by atoms with Gasteiger partial charge in [-0.25, -0.2) is 4.79 Å². The summed E-state index contributed by atoms with van der Waals surface area (Å²) in [5, 5.41) is 0.385. The predicted octanol–water partition coefficient (Wildman–Crippen LogP) is 0.954. The van der Waals surface area contributed by atoms with Crippen molar-refractivity contribution in [3.8, 4) is 0 Å². The van der Waals surface area contributed by atoms with Crippen LogP contribution in [0.1, 0.15) is 16.8 Å². The zero-order valence-electron chi connectivity index (χ0n) is 8.40. The van der Waals surface area contributed by atoms with Crippen LogP contribution in [0.5, 0.6) is 0 Å². The molecule has 0 saturated heterocycles. The van der Waals surface area contributed by atoms with Crippen molar-refractivity contribution in [2.75, 3.05) is 12.3 Å². The summed E-state index contributed by atoms with van der Waals surface area (Å²) in [5.41, 5.74) is 10.9. The quantitative estimate of drug-likeness (QED) is 0.607. The van der Waals surface area contributed by atoms with Gasteiger partial charge in [-0.3, -0.25) is 4.79 Å². The largest absolute Gasteiger partial charge is 0.461 e. The van der Waals surface area contributed by atoms with E-state index in [-0.39, 0.29) is 24.3 Å². The van der Waals surface area contributed by atoms with Crippen molar-refractivity contribution in [3.05, 3.63) is 28.8 Å². The van der Waals surface area contributed by atoms with E-state index < -0.39 is 11.9 Å². The Kier molecular flexibility index (Phi) is 4.13. The maximum Gasteiger partial charge on any atom is 0.340 e. The lowest BCUT2D eigenvalue weighted by molar-refractivity contribution is -0.118. The number of carbonyl (C=O) groups excluding carboxylic acids is 2. The highest BCUT2D eigenvalue weighted by Crippen LogP contribution is 2.18. The van der Waals surface area contributed by atoms with Crippen LogP contribution in [0.15, 0.2) is 18.2 Å².